The summed E-state index contributed by atoms with van der Waals surface area (Å²) in [5.41, 5.74) is 1.30. The summed E-state index contributed by atoms with van der Waals surface area (Å²) in [6, 6.07) is 13.2. The number of benzene rings is 2. The van der Waals surface area contributed by atoms with Crippen molar-refractivity contribution in [3.8, 4) is 0 Å². The second kappa shape index (κ2) is 9.17. The lowest BCUT2D eigenvalue weighted by atomic mass is 10.0. The molecule has 0 aliphatic heterocycles. The van der Waals surface area contributed by atoms with E-state index in [1.165, 1.54) is 0 Å². The van der Waals surface area contributed by atoms with E-state index < -0.39 is 20.0 Å². The van der Waals surface area contributed by atoms with E-state index in [1.807, 2.05) is 0 Å². The quantitative estimate of drug-likeness (QED) is 0.647. The Morgan fingerprint density at radius 1 is 0.643 bits per heavy atom. The molecule has 0 aromatic heterocycles. The Bertz CT molecular complexity index is 931. The minimum atomic E-state index is -3.63. The summed E-state index contributed by atoms with van der Waals surface area (Å²) in [5.74, 6) is 0. The summed E-state index contributed by atoms with van der Waals surface area (Å²) >= 11 is 0. The van der Waals surface area contributed by atoms with Gasteiger partial charge in [-0.05, 0) is 63.8 Å². The van der Waals surface area contributed by atoms with Crippen LogP contribution in [0.4, 0.5) is 0 Å². The lowest BCUT2D eigenvalue weighted by molar-refractivity contribution is 0.565. The fourth-order valence-corrected chi connectivity index (χ4v) is 6.00. The van der Waals surface area contributed by atoms with Crippen molar-refractivity contribution >= 4 is 20.0 Å². The molecular formula is C20H28N2O4S2. The normalized spacial score (nSPS) is 12.6. The maximum absolute atomic E-state index is 12.6. The maximum atomic E-state index is 12.6. The van der Waals surface area contributed by atoms with Crippen molar-refractivity contribution in [3.63, 3.8) is 0 Å². The largest absolute Gasteiger partial charge is 0.241 e. The van der Waals surface area contributed by atoms with E-state index in [2.05, 4.69) is 9.44 Å². The molecule has 2 aromatic rings. The number of sulfonamides is 2. The second-order valence-electron chi connectivity index (χ2n) is 7.27. The van der Waals surface area contributed by atoms with E-state index in [1.54, 1.807) is 76.2 Å². The van der Waals surface area contributed by atoms with Gasteiger partial charge in [0, 0.05) is 12.1 Å². The zero-order chi connectivity index (χ0) is 20.9. The van der Waals surface area contributed by atoms with Crippen molar-refractivity contribution in [2.75, 3.05) is 0 Å². The highest BCUT2D eigenvalue weighted by Crippen LogP contribution is 2.21. The van der Waals surface area contributed by atoms with Crippen LogP contribution in [0.15, 0.2) is 58.3 Å². The van der Waals surface area contributed by atoms with Crippen LogP contribution in [0.1, 0.15) is 38.8 Å². The van der Waals surface area contributed by atoms with Gasteiger partial charge in [-0.1, -0.05) is 36.4 Å². The van der Waals surface area contributed by atoms with Crippen molar-refractivity contribution in [2.45, 2.75) is 62.4 Å². The molecule has 0 radical (unpaired) electrons. The van der Waals surface area contributed by atoms with Gasteiger partial charge in [0.05, 0.1) is 9.79 Å². The standard InChI is InChI=1S/C20H28N2O4S2/c1-15(2)21-27(23,24)19-11-7-5-9-17(19)13-14-18-10-6-8-12-20(18)28(25,26)22-16(3)4/h5-12,15-16,21-22H,13-14H2,1-4H3. The zero-order valence-electron chi connectivity index (χ0n) is 16.6. The summed E-state index contributed by atoms with van der Waals surface area (Å²) in [4.78, 5) is 0.452. The average molecular weight is 425 g/mol. The molecule has 0 amide bonds. The van der Waals surface area contributed by atoms with Crippen LogP contribution in [0, 0.1) is 0 Å². The van der Waals surface area contributed by atoms with Gasteiger partial charge in [-0.2, -0.15) is 0 Å². The van der Waals surface area contributed by atoms with Gasteiger partial charge in [-0.25, -0.2) is 26.3 Å². The summed E-state index contributed by atoms with van der Waals surface area (Å²) in [6.45, 7) is 7.07. The van der Waals surface area contributed by atoms with Gasteiger partial charge < -0.3 is 0 Å². The molecule has 0 aliphatic carbocycles. The van der Waals surface area contributed by atoms with Crippen molar-refractivity contribution in [3.05, 3.63) is 59.7 Å². The van der Waals surface area contributed by atoms with Crippen LogP contribution in [0.3, 0.4) is 0 Å². The van der Waals surface area contributed by atoms with Gasteiger partial charge in [0.2, 0.25) is 20.0 Å². The minimum Gasteiger partial charge on any atom is -0.209 e. The molecule has 6 nitrogen and oxygen atoms in total. The molecule has 0 unspecified atom stereocenters. The lowest BCUT2D eigenvalue weighted by Crippen LogP contribution is -2.31. The van der Waals surface area contributed by atoms with Gasteiger partial charge in [0.15, 0.2) is 0 Å². The molecule has 0 heterocycles. The minimum absolute atomic E-state index is 0.217. The third kappa shape index (κ3) is 5.88. The summed E-state index contributed by atoms with van der Waals surface area (Å²) in [7, 11) is -7.26. The third-order valence-electron chi connectivity index (χ3n) is 3.97. The smallest absolute Gasteiger partial charge is 0.209 e. The van der Waals surface area contributed by atoms with E-state index in [9.17, 15) is 16.8 Å². The molecule has 2 rings (SSSR count). The molecule has 0 spiro atoms. The van der Waals surface area contributed by atoms with E-state index in [-0.39, 0.29) is 21.9 Å². The molecule has 8 heteroatoms. The Hall–Kier alpha value is -1.74. The van der Waals surface area contributed by atoms with Gasteiger partial charge in [-0.15, -0.1) is 0 Å². The Morgan fingerprint density at radius 2 is 0.964 bits per heavy atom. The molecule has 0 saturated carbocycles. The topological polar surface area (TPSA) is 92.3 Å². The monoisotopic (exact) mass is 424 g/mol. The molecule has 28 heavy (non-hydrogen) atoms. The van der Waals surface area contributed by atoms with Crippen molar-refractivity contribution in [2.24, 2.45) is 0 Å². The first-order valence-corrected chi connectivity index (χ1v) is 12.2. The van der Waals surface area contributed by atoms with Gasteiger partial charge >= 0.3 is 0 Å². The van der Waals surface area contributed by atoms with E-state index >= 15 is 0 Å². The highest BCUT2D eigenvalue weighted by Gasteiger charge is 2.21. The summed E-state index contributed by atoms with van der Waals surface area (Å²) in [5, 5.41) is 0. The number of hydrogen-bond donors (Lipinski definition) is 2. The Balaban J connectivity index is 2.33. The van der Waals surface area contributed by atoms with Gasteiger partial charge in [-0.3, -0.25) is 0 Å². The Labute approximate surface area is 168 Å². The van der Waals surface area contributed by atoms with Crippen LogP contribution in [-0.2, 0) is 32.9 Å². The van der Waals surface area contributed by atoms with Crippen LogP contribution in [-0.4, -0.2) is 28.9 Å². The Kier molecular flexibility index (Phi) is 7.39. The average Bonchev–Trinajstić information content (AvgIpc) is 2.58. The highest BCUT2D eigenvalue weighted by molar-refractivity contribution is 7.89. The first kappa shape index (κ1) is 22.5. The zero-order valence-corrected chi connectivity index (χ0v) is 18.3. The molecule has 0 atom stereocenters. The van der Waals surface area contributed by atoms with Crippen LogP contribution < -0.4 is 9.44 Å². The molecule has 0 saturated heterocycles. The molecule has 2 aromatic carbocycles. The van der Waals surface area contributed by atoms with Gasteiger partial charge in [0.25, 0.3) is 0 Å². The van der Waals surface area contributed by atoms with E-state index in [0.29, 0.717) is 24.0 Å². The van der Waals surface area contributed by atoms with Crippen LogP contribution in [0.2, 0.25) is 0 Å². The molecule has 154 valence electrons. The summed E-state index contributed by atoms with van der Waals surface area (Å²) < 4.78 is 55.6. The number of rotatable bonds is 9. The van der Waals surface area contributed by atoms with E-state index in [0.717, 1.165) is 0 Å². The molecular weight excluding hydrogens is 396 g/mol. The summed E-state index contributed by atoms with van der Waals surface area (Å²) in [6.07, 6.45) is 0.812. The highest BCUT2D eigenvalue weighted by atomic mass is 32.2. The SMILES string of the molecule is CC(C)NS(=O)(=O)c1ccccc1CCc1ccccc1S(=O)(=O)NC(C)C. The van der Waals surface area contributed by atoms with Crippen molar-refractivity contribution in [1.29, 1.82) is 0 Å². The predicted octanol–water partition coefficient (Wildman–Crippen LogP) is 2.85. The van der Waals surface area contributed by atoms with Crippen molar-refractivity contribution < 1.29 is 16.8 Å². The predicted molar refractivity (Wildman–Crippen MR) is 111 cm³/mol. The molecule has 0 fully saturated rings. The van der Waals surface area contributed by atoms with Crippen LogP contribution in [0.25, 0.3) is 0 Å². The van der Waals surface area contributed by atoms with Crippen LogP contribution in [0.5, 0.6) is 0 Å². The van der Waals surface area contributed by atoms with Gasteiger partial charge in [0.1, 0.15) is 0 Å². The molecule has 2 N–H and O–H groups in total. The molecule has 0 bridgehead atoms. The fraction of sp³-hybridized carbons (Fsp3) is 0.400. The first-order chi connectivity index (χ1) is 13.0. The number of hydrogen-bond acceptors (Lipinski definition) is 4. The first-order valence-electron chi connectivity index (χ1n) is 9.23. The maximum Gasteiger partial charge on any atom is 0.241 e. The number of aryl methyl sites for hydroxylation is 2. The lowest BCUT2D eigenvalue weighted by Gasteiger charge is -2.15. The second-order valence-corrected chi connectivity index (χ2v) is 10.6. The van der Waals surface area contributed by atoms with E-state index in [4.69, 9.17) is 0 Å². The fourth-order valence-electron chi connectivity index (χ4n) is 2.96. The Morgan fingerprint density at radius 3 is 1.29 bits per heavy atom. The van der Waals surface area contributed by atoms with Crippen molar-refractivity contribution in [1.82, 2.24) is 9.44 Å². The molecule has 0 aliphatic rings. The number of nitrogens with one attached hydrogen (secondary N) is 2. The third-order valence-corrected chi connectivity index (χ3v) is 7.49. The van der Waals surface area contributed by atoms with Crippen LogP contribution >= 0.6 is 0 Å².